The van der Waals surface area contributed by atoms with Gasteiger partial charge in [-0.2, -0.15) is 13.5 Å². The molecule has 1 heterocycles. The zero-order valence-corrected chi connectivity index (χ0v) is 8.21. The number of carbonyl (C=O) groups is 1. The van der Waals surface area contributed by atoms with Crippen LogP contribution in [0.25, 0.3) is 0 Å². The molecule has 0 bridgehead atoms. The van der Waals surface area contributed by atoms with Crippen molar-refractivity contribution in [1.82, 2.24) is 9.78 Å². The Hall–Kier alpha value is -1.44. The second-order valence-corrected chi connectivity index (χ2v) is 3.71. The van der Waals surface area contributed by atoms with E-state index in [4.69, 9.17) is 0 Å². The van der Waals surface area contributed by atoms with Gasteiger partial charge in [-0.3, -0.25) is 4.68 Å². The van der Waals surface area contributed by atoms with Crippen molar-refractivity contribution in [3.8, 4) is 0 Å². The number of hydrogen-bond donors (Lipinski definition) is 0. The average Bonchev–Trinajstić information content (AvgIpc) is 2.45. The zero-order valence-electron chi connectivity index (χ0n) is 7.39. The first-order valence-corrected chi connectivity index (χ1v) is 4.81. The molecule has 14 heavy (non-hydrogen) atoms. The lowest BCUT2D eigenvalue weighted by molar-refractivity contribution is 0.0593. The summed E-state index contributed by atoms with van der Waals surface area (Å²) >= 11 is 0. The van der Waals surface area contributed by atoms with E-state index in [0.29, 0.717) is 0 Å². The Bertz CT molecular complexity index is 464. The first kappa shape index (κ1) is 10.6. The predicted molar refractivity (Wildman–Crippen MR) is 42.8 cm³/mol. The van der Waals surface area contributed by atoms with Crippen molar-refractivity contribution >= 4 is 16.2 Å². The molecule has 0 radical (unpaired) electrons. The molecular weight excluding hydrogens is 215 g/mol. The van der Waals surface area contributed by atoms with Gasteiger partial charge >= 0.3 is 16.2 Å². The maximum Gasteiger partial charge on any atom is 0.358 e. The van der Waals surface area contributed by atoms with Gasteiger partial charge in [0.05, 0.1) is 7.11 Å². The fourth-order valence-electron chi connectivity index (χ4n) is 0.883. The van der Waals surface area contributed by atoms with E-state index < -0.39 is 21.2 Å². The highest BCUT2D eigenvalue weighted by atomic mass is 32.3. The number of ether oxygens (including phenoxy) is 1. The second-order valence-electron chi connectivity index (χ2n) is 2.42. The molecule has 0 aliphatic rings. The maximum absolute atomic E-state index is 12.5. The van der Waals surface area contributed by atoms with Crippen molar-refractivity contribution in [3.63, 3.8) is 0 Å². The summed E-state index contributed by atoms with van der Waals surface area (Å²) < 4.78 is 38.6. The summed E-state index contributed by atoms with van der Waals surface area (Å²) in [6.07, 6.45) is 0. The monoisotopic (exact) mass is 222 g/mol. The largest absolute Gasteiger partial charge is 0.464 e. The van der Waals surface area contributed by atoms with E-state index in [9.17, 15) is 17.1 Å². The Morgan fingerprint density at radius 3 is 2.57 bits per heavy atom. The molecule has 0 aliphatic carbocycles. The quantitative estimate of drug-likeness (QED) is 0.514. The van der Waals surface area contributed by atoms with E-state index in [1.165, 1.54) is 7.05 Å². The second kappa shape index (κ2) is 3.37. The molecule has 0 spiro atoms. The van der Waals surface area contributed by atoms with Crippen LogP contribution in [0.3, 0.4) is 0 Å². The van der Waals surface area contributed by atoms with Crippen LogP contribution in [0.4, 0.5) is 3.89 Å². The number of rotatable bonds is 2. The minimum atomic E-state index is -4.86. The number of carbonyl (C=O) groups excluding carboxylic acids is 1. The van der Waals surface area contributed by atoms with Crippen molar-refractivity contribution in [2.24, 2.45) is 7.05 Å². The number of hydrogen-bond acceptors (Lipinski definition) is 5. The van der Waals surface area contributed by atoms with Crippen molar-refractivity contribution in [2.45, 2.75) is 5.03 Å². The lowest BCUT2D eigenvalue weighted by Crippen LogP contribution is -2.04. The molecule has 1 aromatic heterocycles. The normalized spacial score (nSPS) is 11.4. The number of nitrogens with zero attached hydrogens (tertiary/aromatic N) is 2. The van der Waals surface area contributed by atoms with Crippen LogP contribution in [0.15, 0.2) is 11.1 Å². The lowest BCUT2D eigenvalue weighted by atomic mass is 10.4. The molecule has 6 nitrogen and oxygen atoms in total. The molecule has 1 rings (SSSR count). The molecule has 0 atom stereocenters. The van der Waals surface area contributed by atoms with Crippen molar-refractivity contribution in [3.05, 3.63) is 11.8 Å². The van der Waals surface area contributed by atoms with Gasteiger partial charge < -0.3 is 4.74 Å². The first-order valence-electron chi connectivity index (χ1n) is 3.43. The average molecular weight is 222 g/mol. The van der Waals surface area contributed by atoms with Crippen LogP contribution < -0.4 is 0 Å². The molecule has 0 aliphatic heterocycles. The molecule has 0 aromatic carbocycles. The SMILES string of the molecule is COC(=O)c1cc(S(=O)(=O)F)n(C)n1. The molecule has 0 saturated carbocycles. The van der Waals surface area contributed by atoms with E-state index in [1.807, 2.05) is 0 Å². The van der Waals surface area contributed by atoms with Crippen molar-refractivity contribution < 1.29 is 21.8 Å². The maximum atomic E-state index is 12.5. The Labute approximate surface area is 79.5 Å². The summed E-state index contributed by atoms with van der Waals surface area (Å²) in [6.45, 7) is 0. The van der Waals surface area contributed by atoms with Gasteiger partial charge in [-0.1, -0.05) is 3.89 Å². The summed E-state index contributed by atoms with van der Waals surface area (Å²) in [7, 11) is -2.54. The van der Waals surface area contributed by atoms with Gasteiger partial charge in [0, 0.05) is 13.1 Å². The van der Waals surface area contributed by atoms with Gasteiger partial charge in [-0.25, -0.2) is 4.79 Å². The predicted octanol–water partition coefficient (Wildman–Crippen LogP) is -0.135. The van der Waals surface area contributed by atoms with Gasteiger partial charge in [0.2, 0.25) is 0 Å². The number of aryl methyl sites for hydroxylation is 1. The van der Waals surface area contributed by atoms with Crippen LogP contribution in [0.2, 0.25) is 0 Å². The third-order valence-electron chi connectivity index (χ3n) is 1.48. The molecule has 0 fully saturated rings. The highest BCUT2D eigenvalue weighted by molar-refractivity contribution is 7.86. The topological polar surface area (TPSA) is 78.3 Å². The molecule has 78 valence electrons. The number of aromatic nitrogens is 2. The Morgan fingerprint density at radius 2 is 2.21 bits per heavy atom. The third-order valence-corrected chi connectivity index (χ3v) is 2.36. The highest BCUT2D eigenvalue weighted by Crippen LogP contribution is 2.13. The fourth-order valence-corrected chi connectivity index (χ4v) is 1.49. The smallest absolute Gasteiger partial charge is 0.358 e. The van der Waals surface area contributed by atoms with Gasteiger partial charge in [-0.15, -0.1) is 0 Å². The van der Waals surface area contributed by atoms with Gasteiger partial charge in [-0.05, 0) is 0 Å². The summed E-state index contributed by atoms with van der Waals surface area (Å²) in [5.74, 6) is -0.824. The molecule has 1 aromatic rings. The van der Waals surface area contributed by atoms with Crippen molar-refractivity contribution in [2.75, 3.05) is 7.11 Å². The standard InChI is InChI=1S/C6H7FN2O4S/c1-9-5(14(7,11)12)3-4(8-9)6(10)13-2/h3H,1-2H3. The van der Waals surface area contributed by atoms with E-state index in [2.05, 4.69) is 9.84 Å². The Morgan fingerprint density at radius 1 is 1.64 bits per heavy atom. The minimum Gasteiger partial charge on any atom is -0.464 e. The van der Waals surface area contributed by atoms with Crippen LogP contribution >= 0.6 is 0 Å². The summed E-state index contributed by atoms with van der Waals surface area (Å²) in [4.78, 5) is 10.9. The Balaban J connectivity index is 3.25. The molecule has 0 N–H and O–H groups in total. The molecule has 8 heteroatoms. The third kappa shape index (κ3) is 1.90. The van der Waals surface area contributed by atoms with Gasteiger partial charge in [0.1, 0.15) is 0 Å². The molecular formula is C6H7FN2O4S. The van der Waals surface area contributed by atoms with E-state index in [-0.39, 0.29) is 5.69 Å². The summed E-state index contributed by atoms with van der Waals surface area (Å²) in [5.41, 5.74) is -0.258. The van der Waals surface area contributed by atoms with Crippen LogP contribution in [0.1, 0.15) is 10.5 Å². The van der Waals surface area contributed by atoms with E-state index >= 15 is 0 Å². The first-order chi connectivity index (χ1) is 6.36. The highest BCUT2D eigenvalue weighted by Gasteiger charge is 2.21. The number of esters is 1. The fraction of sp³-hybridized carbons (Fsp3) is 0.333. The lowest BCUT2D eigenvalue weighted by Gasteiger charge is -1.92. The molecule has 0 amide bonds. The number of halogens is 1. The summed E-state index contributed by atoms with van der Waals surface area (Å²) in [6, 6.07) is 0.807. The Kier molecular flexibility index (Phi) is 2.56. The van der Waals surface area contributed by atoms with E-state index in [1.54, 1.807) is 0 Å². The van der Waals surface area contributed by atoms with Crippen LogP contribution in [0.5, 0.6) is 0 Å². The molecule has 0 saturated heterocycles. The zero-order chi connectivity index (χ0) is 10.9. The van der Waals surface area contributed by atoms with Crippen LogP contribution in [-0.2, 0) is 22.0 Å². The number of methoxy groups -OCH3 is 1. The van der Waals surface area contributed by atoms with Crippen molar-refractivity contribution in [1.29, 1.82) is 0 Å². The minimum absolute atomic E-state index is 0.258. The van der Waals surface area contributed by atoms with E-state index in [0.717, 1.165) is 17.9 Å². The van der Waals surface area contributed by atoms with Gasteiger partial charge in [0.25, 0.3) is 0 Å². The summed E-state index contributed by atoms with van der Waals surface area (Å²) in [5, 5.41) is 2.79. The van der Waals surface area contributed by atoms with Crippen LogP contribution in [-0.4, -0.2) is 31.3 Å². The molecule has 0 unspecified atom stereocenters. The van der Waals surface area contributed by atoms with Crippen LogP contribution in [0, 0.1) is 0 Å². The van der Waals surface area contributed by atoms with Gasteiger partial charge in [0.15, 0.2) is 10.7 Å².